The zero-order valence-electron chi connectivity index (χ0n) is 13.5. The third-order valence-electron chi connectivity index (χ3n) is 4.08. The van der Waals surface area contributed by atoms with Gasteiger partial charge in [-0.15, -0.1) is 0 Å². The van der Waals surface area contributed by atoms with Gasteiger partial charge >= 0.3 is 0 Å². The van der Waals surface area contributed by atoms with Crippen molar-refractivity contribution in [3.63, 3.8) is 0 Å². The molecule has 1 aliphatic heterocycles. The number of nitrogens with zero attached hydrogens (tertiary/aromatic N) is 1. The number of aliphatic hydroxyl groups is 1. The van der Waals surface area contributed by atoms with E-state index in [9.17, 15) is 22.3 Å². The van der Waals surface area contributed by atoms with E-state index in [-0.39, 0.29) is 10.7 Å². The zero-order chi connectivity index (χ0) is 19.1. The molecule has 138 valence electrons. The topological polar surface area (TPSA) is 78.8 Å². The van der Waals surface area contributed by atoms with Crippen LogP contribution in [0, 0.1) is 0 Å². The van der Waals surface area contributed by atoms with Crippen LogP contribution in [0.25, 0.3) is 0 Å². The first kappa shape index (κ1) is 18.8. The summed E-state index contributed by atoms with van der Waals surface area (Å²) in [4.78, 5) is 3.89. The Balaban J connectivity index is 1.98. The van der Waals surface area contributed by atoms with Crippen LogP contribution in [0.5, 0.6) is 0 Å². The van der Waals surface area contributed by atoms with E-state index in [0.717, 1.165) is 6.26 Å². The molecular formula is C17H15ClF2N2O3S. The minimum atomic E-state index is -3.38. The number of halogens is 3. The lowest BCUT2D eigenvalue weighted by Crippen LogP contribution is -2.43. The summed E-state index contributed by atoms with van der Waals surface area (Å²) in [6, 6.07) is 10.5. The van der Waals surface area contributed by atoms with Crippen LogP contribution < -0.4 is 5.32 Å². The maximum absolute atomic E-state index is 13.5. The van der Waals surface area contributed by atoms with Crippen LogP contribution in [0.2, 0.25) is 5.02 Å². The van der Waals surface area contributed by atoms with E-state index in [1.165, 1.54) is 48.5 Å². The number of sulfone groups is 1. The molecule has 0 aliphatic carbocycles. The summed E-state index contributed by atoms with van der Waals surface area (Å²) in [6.45, 7) is 0. The normalized spacial score (nSPS) is 23.0. The van der Waals surface area contributed by atoms with Gasteiger partial charge in [0.25, 0.3) is 6.43 Å². The molecule has 0 saturated heterocycles. The molecule has 2 unspecified atom stereocenters. The monoisotopic (exact) mass is 400 g/mol. The Bertz CT molecular complexity index is 947. The average molecular weight is 401 g/mol. The van der Waals surface area contributed by atoms with Crippen LogP contribution in [0.3, 0.4) is 0 Å². The molecule has 0 spiro atoms. The highest BCUT2D eigenvalue weighted by Gasteiger charge is 2.51. The summed E-state index contributed by atoms with van der Waals surface area (Å²) in [5, 5.41) is 13.7. The van der Waals surface area contributed by atoms with Crippen molar-refractivity contribution in [2.24, 2.45) is 4.99 Å². The molecule has 0 fully saturated rings. The fourth-order valence-corrected chi connectivity index (χ4v) is 3.44. The lowest BCUT2D eigenvalue weighted by molar-refractivity contribution is -0.103. The van der Waals surface area contributed by atoms with E-state index in [0.29, 0.717) is 16.1 Å². The van der Waals surface area contributed by atoms with E-state index < -0.39 is 28.0 Å². The number of rotatable bonds is 4. The standard InChI is InChI=1S/C17H15ClF2N2O3S/c1-26(24,25)13-8-4-11(5-9-13)15-21-14(17(23,22-15)16(19)20)10-2-6-12(18)7-3-10/h2-9,14,16,23H,1H3,(H,21,22). The first-order valence-corrected chi connectivity index (χ1v) is 9.81. The second-order valence-corrected chi connectivity index (χ2v) is 8.42. The number of amidine groups is 1. The lowest BCUT2D eigenvalue weighted by atomic mass is 9.97. The lowest BCUT2D eigenvalue weighted by Gasteiger charge is -2.26. The minimum absolute atomic E-state index is 0.0489. The van der Waals surface area contributed by atoms with Crippen molar-refractivity contribution < 1.29 is 22.3 Å². The number of hydrogen-bond acceptors (Lipinski definition) is 5. The van der Waals surface area contributed by atoms with Crippen molar-refractivity contribution in [3.8, 4) is 0 Å². The molecule has 0 radical (unpaired) electrons. The van der Waals surface area contributed by atoms with Crippen LogP contribution in [0.4, 0.5) is 8.78 Å². The number of nitrogens with one attached hydrogen (secondary N) is 1. The van der Waals surface area contributed by atoms with Crippen molar-refractivity contribution in [1.82, 2.24) is 5.32 Å². The Labute approximate surface area is 154 Å². The Hall–Kier alpha value is -2.03. The Morgan fingerprint density at radius 3 is 2.23 bits per heavy atom. The van der Waals surface area contributed by atoms with Crippen molar-refractivity contribution >= 4 is 27.3 Å². The predicted molar refractivity (Wildman–Crippen MR) is 94.4 cm³/mol. The van der Waals surface area contributed by atoms with Gasteiger partial charge < -0.3 is 10.4 Å². The molecule has 0 amide bonds. The molecule has 2 N–H and O–H groups in total. The van der Waals surface area contributed by atoms with Crippen molar-refractivity contribution in [2.75, 3.05) is 6.26 Å². The summed E-state index contributed by atoms with van der Waals surface area (Å²) >= 11 is 5.82. The van der Waals surface area contributed by atoms with Gasteiger partial charge in [-0.3, -0.25) is 0 Å². The molecule has 0 aromatic heterocycles. The number of aliphatic imine (C=N–C) groups is 1. The second-order valence-electron chi connectivity index (χ2n) is 5.97. The maximum Gasteiger partial charge on any atom is 0.289 e. The average Bonchev–Trinajstić information content (AvgIpc) is 2.94. The van der Waals surface area contributed by atoms with Gasteiger partial charge in [0.2, 0.25) is 5.72 Å². The predicted octanol–water partition coefficient (Wildman–Crippen LogP) is 2.79. The van der Waals surface area contributed by atoms with Crippen LogP contribution in [-0.4, -0.2) is 37.8 Å². The van der Waals surface area contributed by atoms with Gasteiger partial charge in [0, 0.05) is 16.8 Å². The maximum atomic E-state index is 13.5. The Morgan fingerprint density at radius 1 is 1.15 bits per heavy atom. The van der Waals surface area contributed by atoms with Crippen LogP contribution in [0.1, 0.15) is 17.2 Å². The molecule has 9 heteroatoms. The number of alkyl halides is 2. The molecular weight excluding hydrogens is 386 g/mol. The Morgan fingerprint density at radius 2 is 1.73 bits per heavy atom. The Kier molecular flexibility index (Phi) is 4.76. The van der Waals surface area contributed by atoms with E-state index in [4.69, 9.17) is 11.6 Å². The van der Waals surface area contributed by atoms with Crippen molar-refractivity contribution in [1.29, 1.82) is 0 Å². The molecule has 0 bridgehead atoms. The van der Waals surface area contributed by atoms with Crippen molar-refractivity contribution in [2.45, 2.75) is 23.1 Å². The van der Waals surface area contributed by atoms with Crippen molar-refractivity contribution in [3.05, 3.63) is 64.7 Å². The van der Waals surface area contributed by atoms with Crippen LogP contribution in [0.15, 0.2) is 58.4 Å². The minimum Gasteiger partial charge on any atom is -0.363 e. The summed E-state index contributed by atoms with van der Waals surface area (Å²) in [5.74, 6) is 0.0489. The van der Waals surface area contributed by atoms with Crippen LogP contribution >= 0.6 is 11.6 Å². The molecule has 1 aliphatic rings. The largest absolute Gasteiger partial charge is 0.363 e. The third kappa shape index (κ3) is 3.44. The van der Waals surface area contributed by atoms with Gasteiger partial charge in [-0.05, 0) is 42.0 Å². The smallest absolute Gasteiger partial charge is 0.289 e. The summed E-state index contributed by atoms with van der Waals surface area (Å²) in [6.07, 6.45) is -2.07. The van der Waals surface area contributed by atoms with E-state index >= 15 is 0 Å². The molecule has 2 aromatic carbocycles. The molecule has 0 saturated carbocycles. The molecule has 5 nitrogen and oxygen atoms in total. The fourth-order valence-electron chi connectivity index (χ4n) is 2.69. The van der Waals surface area contributed by atoms with E-state index in [1.807, 2.05) is 0 Å². The molecule has 3 rings (SSSR count). The third-order valence-corrected chi connectivity index (χ3v) is 5.46. The first-order chi connectivity index (χ1) is 12.1. The zero-order valence-corrected chi connectivity index (χ0v) is 15.1. The molecule has 1 heterocycles. The first-order valence-electron chi connectivity index (χ1n) is 7.54. The quantitative estimate of drug-likeness (QED) is 0.827. The molecule has 2 aromatic rings. The van der Waals surface area contributed by atoms with E-state index in [1.54, 1.807) is 0 Å². The van der Waals surface area contributed by atoms with Crippen LogP contribution in [-0.2, 0) is 9.84 Å². The van der Waals surface area contributed by atoms with Gasteiger partial charge in [-0.1, -0.05) is 23.7 Å². The van der Waals surface area contributed by atoms with Gasteiger partial charge in [-0.25, -0.2) is 22.2 Å². The molecule has 26 heavy (non-hydrogen) atoms. The van der Waals surface area contributed by atoms with Gasteiger partial charge in [-0.2, -0.15) is 0 Å². The molecule has 2 atom stereocenters. The van der Waals surface area contributed by atoms with Gasteiger partial charge in [0.15, 0.2) is 9.84 Å². The number of benzene rings is 2. The fraction of sp³-hybridized carbons (Fsp3) is 0.235. The second kappa shape index (κ2) is 6.61. The summed E-state index contributed by atoms with van der Waals surface area (Å²) < 4.78 is 50.1. The summed E-state index contributed by atoms with van der Waals surface area (Å²) in [5.41, 5.74) is -1.88. The SMILES string of the molecule is CS(=O)(=O)c1ccc(C2=NC(O)(C(F)F)C(c3ccc(Cl)cc3)N2)cc1. The van der Waals surface area contributed by atoms with Gasteiger partial charge in [0.05, 0.1) is 4.90 Å². The highest BCUT2D eigenvalue weighted by molar-refractivity contribution is 7.90. The summed E-state index contributed by atoms with van der Waals surface area (Å²) in [7, 11) is -3.38. The number of hydrogen-bond donors (Lipinski definition) is 2. The highest BCUT2D eigenvalue weighted by Crippen LogP contribution is 2.37. The van der Waals surface area contributed by atoms with E-state index in [2.05, 4.69) is 10.3 Å². The van der Waals surface area contributed by atoms with Gasteiger partial charge in [0.1, 0.15) is 11.9 Å². The highest BCUT2D eigenvalue weighted by atomic mass is 35.5.